The first kappa shape index (κ1) is 18.9. The van der Waals surface area contributed by atoms with E-state index < -0.39 is 22.4 Å². The van der Waals surface area contributed by atoms with E-state index in [9.17, 15) is 18.0 Å². The van der Waals surface area contributed by atoms with Crippen LogP contribution in [0.25, 0.3) is 0 Å². The highest BCUT2D eigenvalue weighted by Crippen LogP contribution is 2.21. The molecular formula is C16H17NO6S2. The van der Waals surface area contributed by atoms with Gasteiger partial charge in [-0.1, -0.05) is 12.1 Å². The molecule has 25 heavy (non-hydrogen) atoms. The maximum absolute atomic E-state index is 12.2. The second-order valence-corrected chi connectivity index (χ2v) is 8.29. The molecular weight excluding hydrogens is 366 g/mol. The van der Waals surface area contributed by atoms with Gasteiger partial charge in [0.15, 0.2) is 16.4 Å². The third-order valence-corrected chi connectivity index (χ3v) is 5.49. The van der Waals surface area contributed by atoms with Crippen molar-refractivity contribution in [1.29, 1.82) is 0 Å². The number of carboxylic acid groups (broad SMARTS) is 1. The van der Waals surface area contributed by atoms with Crippen molar-refractivity contribution >= 4 is 33.1 Å². The molecule has 0 fully saturated rings. The van der Waals surface area contributed by atoms with Crippen molar-refractivity contribution in [2.24, 2.45) is 0 Å². The zero-order chi connectivity index (χ0) is 18.6. The Kier molecular flexibility index (Phi) is 5.81. The van der Waals surface area contributed by atoms with E-state index in [0.29, 0.717) is 10.6 Å². The fourth-order valence-corrected chi connectivity index (χ4v) is 3.90. The molecule has 1 amide bonds. The van der Waals surface area contributed by atoms with Crippen LogP contribution in [0.2, 0.25) is 0 Å². The zero-order valence-corrected chi connectivity index (χ0v) is 15.2. The maximum Gasteiger partial charge on any atom is 0.341 e. The molecule has 2 aromatic rings. The molecule has 7 nitrogen and oxygen atoms in total. The second kappa shape index (κ2) is 7.66. The molecule has 0 radical (unpaired) electrons. The van der Waals surface area contributed by atoms with E-state index in [1.807, 2.05) is 0 Å². The number of carbonyl (C=O) groups is 2. The average molecular weight is 383 g/mol. The molecule has 2 rings (SSSR count). The summed E-state index contributed by atoms with van der Waals surface area (Å²) in [4.78, 5) is 23.1. The van der Waals surface area contributed by atoms with E-state index in [1.54, 1.807) is 31.2 Å². The monoisotopic (exact) mass is 383 g/mol. The van der Waals surface area contributed by atoms with E-state index in [4.69, 9.17) is 9.84 Å². The van der Waals surface area contributed by atoms with E-state index in [2.05, 4.69) is 5.32 Å². The second-order valence-electron chi connectivity index (χ2n) is 5.37. The van der Waals surface area contributed by atoms with Crippen molar-refractivity contribution in [3.05, 3.63) is 46.2 Å². The Morgan fingerprint density at radius 3 is 2.44 bits per heavy atom. The summed E-state index contributed by atoms with van der Waals surface area (Å²) >= 11 is 1.07. The summed E-state index contributed by atoms with van der Waals surface area (Å²) in [5, 5.41) is 12.8. The van der Waals surface area contributed by atoms with Gasteiger partial charge in [0.1, 0.15) is 5.75 Å². The number of hydrogen-bond acceptors (Lipinski definition) is 6. The third-order valence-electron chi connectivity index (χ3n) is 3.32. The van der Waals surface area contributed by atoms with Crippen LogP contribution in [0, 0.1) is 0 Å². The molecule has 9 heteroatoms. The van der Waals surface area contributed by atoms with E-state index in [0.717, 1.165) is 23.2 Å². The fraction of sp³-hybridized carbons (Fsp3) is 0.250. The predicted molar refractivity (Wildman–Crippen MR) is 92.9 cm³/mol. The van der Waals surface area contributed by atoms with Gasteiger partial charge in [-0.3, -0.25) is 4.79 Å². The Bertz CT molecular complexity index is 870. The lowest BCUT2D eigenvalue weighted by molar-refractivity contribution is -0.139. The van der Waals surface area contributed by atoms with E-state index in [-0.39, 0.29) is 16.8 Å². The van der Waals surface area contributed by atoms with Gasteiger partial charge in [-0.25, -0.2) is 13.2 Å². The predicted octanol–water partition coefficient (Wildman–Crippen LogP) is 2.11. The Morgan fingerprint density at radius 1 is 1.28 bits per heavy atom. The summed E-state index contributed by atoms with van der Waals surface area (Å²) in [6.45, 7) is 1.36. The number of nitrogens with one attached hydrogen (secondary N) is 1. The van der Waals surface area contributed by atoms with Crippen LogP contribution in [-0.4, -0.2) is 38.3 Å². The molecule has 2 N–H and O–H groups in total. The first-order valence-electron chi connectivity index (χ1n) is 7.21. The SMILES string of the molecule is CC(NC(=O)c1cc(S(C)(=O)=O)cs1)c1ccc(OCC(=O)O)cc1. The number of carboxylic acids is 1. The smallest absolute Gasteiger partial charge is 0.341 e. The molecule has 1 atom stereocenters. The van der Waals surface area contributed by atoms with Crippen molar-refractivity contribution in [1.82, 2.24) is 5.32 Å². The van der Waals surface area contributed by atoms with Gasteiger partial charge in [-0.15, -0.1) is 11.3 Å². The van der Waals surface area contributed by atoms with Gasteiger partial charge in [0, 0.05) is 11.6 Å². The topological polar surface area (TPSA) is 110 Å². The van der Waals surface area contributed by atoms with Gasteiger partial charge < -0.3 is 15.2 Å². The van der Waals surface area contributed by atoms with Crippen molar-refractivity contribution in [2.45, 2.75) is 17.9 Å². The standard InChI is InChI=1S/C16H17NO6S2/c1-10(11-3-5-12(6-4-11)23-8-15(18)19)17-16(20)14-7-13(9-24-14)25(2,21)22/h3-7,9-10H,8H2,1-2H3,(H,17,20)(H,18,19). The van der Waals surface area contributed by atoms with E-state index in [1.165, 1.54) is 11.4 Å². The minimum absolute atomic E-state index is 0.121. The summed E-state index contributed by atoms with van der Waals surface area (Å²) in [5.74, 6) is -1.01. The van der Waals surface area contributed by atoms with Crippen LogP contribution in [0.1, 0.15) is 28.2 Å². The summed E-state index contributed by atoms with van der Waals surface area (Å²) in [6, 6.07) is 7.72. The van der Waals surface area contributed by atoms with Crippen LogP contribution in [0.3, 0.4) is 0 Å². The van der Waals surface area contributed by atoms with Crippen LogP contribution >= 0.6 is 11.3 Å². The molecule has 134 valence electrons. The van der Waals surface area contributed by atoms with Gasteiger partial charge in [-0.05, 0) is 30.7 Å². The normalized spacial score (nSPS) is 12.4. The number of ether oxygens (including phenoxy) is 1. The molecule has 0 bridgehead atoms. The zero-order valence-electron chi connectivity index (χ0n) is 13.6. The van der Waals surface area contributed by atoms with Crippen LogP contribution in [0.5, 0.6) is 5.75 Å². The lowest BCUT2D eigenvalue weighted by Gasteiger charge is -2.14. The quantitative estimate of drug-likeness (QED) is 0.758. The Labute approximate surface area is 149 Å². The van der Waals surface area contributed by atoms with E-state index >= 15 is 0 Å². The number of rotatable bonds is 7. The highest BCUT2D eigenvalue weighted by Gasteiger charge is 2.17. The van der Waals surface area contributed by atoms with Crippen molar-refractivity contribution in [3.8, 4) is 5.75 Å². The highest BCUT2D eigenvalue weighted by atomic mass is 32.2. The van der Waals surface area contributed by atoms with Gasteiger partial charge in [0.25, 0.3) is 5.91 Å². The minimum atomic E-state index is -3.34. The van der Waals surface area contributed by atoms with Crippen LogP contribution < -0.4 is 10.1 Å². The molecule has 0 spiro atoms. The molecule has 0 saturated carbocycles. The van der Waals surface area contributed by atoms with Crippen molar-refractivity contribution < 1.29 is 27.9 Å². The van der Waals surface area contributed by atoms with Crippen LogP contribution in [0.15, 0.2) is 40.6 Å². The fourth-order valence-electron chi connectivity index (χ4n) is 1.98. The third kappa shape index (κ3) is 5.30. The molecule has 1 unspecified atom stereocenters. The lowest BCUT2D eigenvalue weighted by atomic mass is 10.1. The minimum Gasteiger partial charge on any atom is -0.482 e. The van der Waals surface area contributed by atoms with Crippen LogP contribution in [0.4, 0.5) is 0 Å². The molecule has 1 aromatic heterocycles. The number of hydrogen-bond donors (Lipinski definition) is 2. The van der Waals surface area contributed by atoms with Gasteiger partial charge in [-0.2, -0.15) is 0 Å². The van der Waals surface area contributed by atoms with Gasteiger partial charge in [0.2, 0.25) is 0 Å². The van der Waals surface area contributed by atoms with Crippen LogP contribution in [-0.2, 0) is 14.6 Å². The molecule has 0 aliphatic carbocycles. The first-order chi connectivity index (χ1) is 11.7. The lowest BCUT2D eigenvalue weighted by Crippen LogP contribution is -2.25. The average Bonchev–Trinajstić information content (AvgIpc) is 3.03. The largest absolute Gasteiger partial charge is 0.482 e. The summed E-state index contributed by atoms with van der Waals surface area (Å²) in [6.07, 6.45) is 1.09. The summed E-state index contributed by atoms with van der Waals surface area (Å²) in [5.41, 5.74) is 0.802. The maximum atomic E-state index is 12.2. The molecule has 1 aromatic carbocycles. The number of thiophene rings is 1. The molecule has 0 aliphatic heterocycles. The highest BCUT2D eigenvalue weighted by molar-refractivity contribution is 7.90. The van der Waals surface area contributed by atoms with Crippen molar-refractivity contribution in [2.75, 3.05) is 12.9 Å². The van der Waals surface area contributed by atoms with Gasteiger partial charge in [0.05, 0.1) is 15.8 Å². The molecule has 0 aliphatic rings. The number of sulfone groups is 1. The van der Waals surface area contributed by atoms with Crippen molar-refractivity contribution in [3.63, 3.8) is 0 Å². The Morgan fingerprint density at radius 2 is 1.92 bits per heavy atom. The summed E-state index contributed by atoms with van der Waals surface area (Å²) in [7, 11) is -3.34. The molecule has 1 heterocycles. The number of amides is 1. The first-order valence-corrected chi connectivity index (χ1v) is 9.98. The number of carbonyl (C=O) groups excluding carboxylic acids is 1. The van der Waals surface area contributed by atoms with Gasteiger partial charge >= 0.3 is 5.97 Å². The Hall–Kier alpha value is -2.39. The molecule has 0 saturated heterocycles. The number of benzene rings is 1. The Balaban J connectivity index is 2.01. The summed E-state index contributed by atoms with van der Waals surface area (Å²) < 4.78 is 28.0. The number of aliphatic carboxylic acids is 1.